The molecule has 0 N–H and O–H groups in total. The third-order valence-corrected chi connectivity index (χ3v) is 3.35. The molecule has 0 atom stereocenters. The number of rotatable bonds is 0. The fraction of sp³-hybridized carbons (Fsp3) is 0.133. The van der Waals surface area contributed by atoms with Gasteiger partial charge in [0.05, 0.1) is 11.4 Å². The van der Waals surface area contributed by atoms with E-state index in [-0.39, 0.29) is 5.78 Å². The molecule has 2 aliphatic rings. The van der Waals surface area contributed by atoms with Crippen molar-refractivity contribution in [2.45, 2.75) is 0 Å². The molecule has 0 spiro atoms. The van der Waals surface area contributed by atoms with Crippen LogP contribution in [0.5, 0.6) is 0 Å². The lowest BCUT2D eigenvalue weighted by atomic mass is 10.1. The second-order valence-corrected chi connectivity index (χ2v) is 4.45. The molecule has 0 bridgehead atoms. The number of allylic oxidation sites excluding steroid dienone is 5. The van der Waals surface area contributed by atoms with Crippen molar-refractivity contribution in [2.75, 3.05) is 23.9 Å². The van der Waals surface area contributed by atoms with Gasteiger partial charge in [0, 0.05) is 19.7 Å². The van der Waals surface area contributed by atoms with Gasteiger partial charge in [-0.15, -0.1) is 0 Å². The van der Waals surface area contributed by atoms with Gasteiger partial charge in [-0.1, -0.05) is 12.1 Å². The molecular formula is C15H14N2O. The van der Waals surface area contributed by atoms with E-state index in [1.165, 1.54) is 11.4 Å². The molecular weight excluding hydrogens is 224 g/mol. The van der Waals surface area contributed by atoms with Gasteiger partial charge < -0.3 is 9.80 Å². The minimum atomic E-state index is 0.0418. The molecule has 3 rings (SSSR count). The van der Waals surface area contributed by atoms with Gasteiger partial charge in [0.2, 0.25) is 0 Å². The van der Waals surface area contributed by atoms with Gasteiger partial charge in [-0.25, -0.2) is 0 Å². The summed E-state index contributed by atoms with van der Waals surface area (Å²) in [5, 5.41) is 0. The number of fused-ring (bicyclic) bond motifs is 1. The van der Waals surface area contributed by atoms with Gasteiger partial charge in [-0.3, -0.25) is 4.79 Å². The molecule has 1 aromatic carbocycles. The van der Waals surface area contributed by atoms with Crippen LogP contribution in [-0.2, 0) is 4.79 Å². The molecule has 0 radical (unpaired) electrons. The van der Waals surface area contributed by atoms with Crippen LogP contribution in [0.3, 0.4) is 0 Å². The lowest BCUT2D eigenvalue weighted by molar-refractivity contribution is -0.110. The summed E-state index contributed by atoms with van der Waals surface area (Å²) in [6.07, 6.45) is 6.95. The van der Waals surface area contributed by atoms with Gasteiger partial charge in [-0.05, 0) is 36.4 Å². The number of ketones is 1. The lowest BCUT2D eigenvalue weighted by Gasteiger charge is -2.21. The minimum absolute atomic E-state index is 0.0418. The molecule has 0 amide bonds. The first-order valence-corrected chi connectivity index (χ1v) is 5.89. The Bertz CT molecular complexity index is 562. The van der Waals surface area contributed by atoms with Crippen molar-refractivity contribution in [3.8, 4) is 0 Å². The second-order valence-electron chi connectivity index (χ2n) is 4.45. The summed E-state index contributed by atoms with van der Waals surface area (Å²) in [6, 6.07) is 8.27. The van der Waals surface area contributed by atoms with Crippen molar-refractivity contribution in [1.29, 1.82) is 0 Å². The van der Waals surface area contributed by atoms with E-state index in [9.17, 15) is 4.79 Å². The van der Waals surface area contributed by atoms with Crippen molar-refractivity contribution < 1.29 is 4.79 Å². The van der Waals surface area contributed by atoms with E-state index in [1.807, 2.05) is 38.4 Å². The van der Waals surface area contributed by atoms with Crippen LogP contribution in [0.2, 0.25) is 0 Å². The van der Waals surface area contributed by atoms with Crippen LogP contribution in [0, 0.1) is 0 Å². The number of anilines is 2. The van der Waals surface area contributed by atoms with Crippen LogP contribution < -0.4 is 9.80 Å². The summed E-state index contributed by atoms with van der Waals surface area (Å²) in [6.45, 7) is 0. The number of hydrogen-bond donors (Lipinski definition) is 0. The smallest absolute Gasteiger partial charge is 0.178 e. The summed E-state index contributed by atoms with van der Waals surface area (Å²) in [7, 11) is 4.09. The van der Waals surface area contributed by atoms with E-state index in [4.69, 9.17) is 0 Å². The highest BCUT2D eigenvalue weighted by Crippen LogP contribution is 2.40. The van der Waals surface area contributed by atoms with E-state index < -0.39 is 0 Å². The second kappa shape index (κ2) is 3.88. The number of carbonyl (C=O) groups is 1. The summed E-state index contributed by atoms with van der Waals surface area (Å²) in [5.74, 6) is 1.14. The van der Waals surface area contributed by atoms with Crippen LogP contribution >= 0.6 is 0 Å². The predicted molar refractivity (Wildman–Crippen MR) is 73.6 cm³/mol. The fourth-order valence-corrected chi connectivity index (χ4v) is 2.48. The normalized spacial score (nSPS) is 17.8. The molecule has 0 aromatic heterocycles. The van der Waals surface area contributed by atoms with Gasteiger partial charge in [-0.2, -0.15) is 0 Å². The first-order chi connectivity index (χ1) is 8.68. The topological polar surface area (TPSA) is 23.6 Å². The molecule has 0 unspecified atom stereocenters. The van der Waals surface area contributed by atoms with Gasteiger partial charge >= 0.3 is 0 Å². The van der Waals surface area contributed by atoms with Crippen LogP contribution in [0.15, 0.2) is 60.0 Å². The zero-order valence-electron chi connectivity index (χ0n) is 10.4. The van der Waals surface area contributed by atoms with E-state index in [2.05, 4.69) is 21.9 Å². The average Bonchev–Trinajstić information content (AvgIpc) is 2.64. The SMILES string of the molecule is CN1C(=C2C=CC(=O)C=C2)N(C)c2ccccc21. The molecule has 0 saturated carbocycles. The maximum atomic E-state index is 11.2. The van der Waals surface area contributed by atoms with Crippen molar-refractivity contribution in [3.05, 3.63) is 60.0 Å². The van der Waals surface area contributed by atoms with Crippen molar-refractivity contribution >= 4 is 17.2 Å². The maximum Gasteiger partial charge on any atom is 0.178 e. The molecule has 1 heterocycles. The summed E-state index contributed by atoms with van der Waals surface area (Å²) in [4.78, 5) is 15.5. The Hall–Kier alpha value is -2.29. The standard InChI is InChI=1S/C15H14N2O/c1-16-13-5-3-4-6-14(13)17(2)15(16)11-7-9-12(18)10-8-11/h3-10H,1-2H3. The van der Waals surface area contributed by atoms with Gasteiger partial charge in [0.1, 0.15) is 5.82 Å². The van der Waals surface area contributed by atoms with Gasteiger partial charge in [0.15, 0.2) is 5.78 Å². The van der Waals surface area contributed by atoms with Crippen LogP contribution in [-0.4, -0.2) is 19.9 Å². The molecule has 3 heteroatoms. The van der Waals surface area contributed by atoms with Crippen LogP contribution in [0.1, 0.15) is 0 Å². The summed E-state index contributed by atoms with van der Waals surface area (Å²) in [5.41, 5.74) is 3.42. The van der Waals surface area contributed by atoms with E-state index in [1.54, 1.807) is 12.2 Å². The van der Waals surface area contributed by atoms with Crippen molar-refractivity contribution in [2.24, 2.45) is 0 Å². The molecule has 0 fully saturated rings. The summed E-state index contributed by atoms with van der Waals surface area (Å²) >= 11 is 0. The number of carbonyl (C=O) groups excluding carboxylic acids is 1. The zero-order valence-corrected chi connectivity index (χ0v) is 10.4. The third-order valence-electron chi connectivity index (χ3n) is 3.35. The monoisotopic (exact) mass is 238 g/mol. The maximum absolute atomic E-state index is 11.2. The number of nitrogens with zero attached hydrogens (tertiary/aromatic N) is 2. The largest absolute Gasteiger partial charge is 0.329 e. The minimum Gasteiger partial charge on any atom is -0.329 e. The predicted octanol–water partition coefficient (Wildman–Crippen LogP) is 2.48. The molecule has 0 saturated heterocycles. The first kappa shape index (κ1) is 10.8. The average molecular weight is 238 g/mol. The number of benzene rings is 1. The Morgan fingerprint density at radius 3 is 1.83 bits per heavy atom. The first-order valence-electron chi connectivity index (χ1n) is 5.89. The van der Waals surface area contributed by atoms with Gasteiger partial charge in [0.25, 0.3) is 0 Å². The Balaban J connectivity index is 2.12. The highest BCUT2D eigenvalue weighted by Gasteiger charge is 2.27. The molecule has 1 aromatic rings. The van der Waals surface area contributed by atoms with Crippen LogP contribution in [0.4, 0.5) is 11.4 Å². The molecule has 18 heavy (non-hydrogen) atoms. The molecule has 1 aliphatic carbocycles. The Morgan fingerprint density at radius 2 is 1.33 bits per heavy atom. The zero-order chi connectivity index (χ0) is 12.7. The van der Waals surface area contributed by atoms with E-state index >= 15 is 0 Å². The molecule has 3 nitrogen and oxygen atoms in total. The summed E-state index contributed by atoms with van der Waals surface area (Å²) < 4.78 is 0. The Morgan fingerprint density at radius 1 is 0.833 bits per heavy atom. The highest BCUT2D eigenvalue weighted by atomic mass is 16.1. The Kier molecular flexibility index (Phi) is 2.33. The highest BCUT2D eigenvalue weighted by molar-refractivity contribution is 6.01. The van der Waals surface area contributed by atoms with Crippen molar-refractivity contribution in [1.82, 2.24) is 0 Å². The molecule has 90 valence electrons. The lowest BCUT2D eigenvalue weighted by Crippen LogP contribution is -2.23. The number of hydrogen-bond acceptors (Lipinski definition) is 3. The van der Waals surface area contributed by atoms with Crippen molar-refractivity contribution in [3.63, 3.8) is 0 Å². The van der Waals surface area contributed by atoms with E-state index in [0.717, 1.165) is 11.4 Å². The third kappa shape index (κ3) is 1.48. The van der Waals surface area contributed by atoms with Crippen LogP contribution in [0.25, 0.3) is 0 Å². The Labute approximate surface area is 106 Å². The quantitative estimate of drug-likeness (QED) is 0.693. The number of para-hydroxylation sites is 2. The van der Waals surface area contributed by atoms with E-state index in [0.29, 0.717) is 0 Å². The molecule has 1 aliphatic heterocycles. The fourth-order valence-electron chi connectivity index (χ4n) is 2.48.